The fourth-order valence-corrected chi connectivity index (χ4v) is 9.02. The van der Waals surface area contributed by atoms with E-state index in [1.165, 1.54) is 42.3 Å². The van der Waals surface area contributed by atoms with E-state index in [9.17, 15) is 16.8 Å². The van der Waals surface area contributed by atoms with Crippen molar-refractivity contribution in [1.29, 1.82) is 0 Å². The van der Waals surface area contributed by atoms with Gasteiger partial charge in [-0.25, -0.2) is 25.8 Å². The quantitative estimate of drug-likeness (QED) is 0.228. The molecule has 2 N–H and O–H groups in total. The Balaban J connectivity index is 1.26. The zero-order valence-corrected chi connectivity index (χ0v) is 26.8. The second-order valence-electron chi connectivity index (χ2n) is 12.1. The van der Waals surface area contributed by atoms with Crippen LogP contribution in [0.1, 0.15) is 50.5 Å². The van der Waals surface area contributed by atoms with Crippen LogP contribution in [0.15, 0.2) is 77.8 Å². The summed E-state index contributed by atoms with van der Waals surface area (Å²) in [4.78, 5) is 7.12. The molecule has 0 unspecified atom stereocenters. The minimum atomic E-state index is -3.93. The molecular weight excluding hydrogens is 595 g/mol. The van der Waals surface area contributed by atoms with Crippen molar-refractivity contribution in [3.05, 3.63) is 78.5 Å². The first-order valence-corrected chi connectivity index (χ1v) is 18.9. The van der Waals surface area contributed by atoms with Gasteiger partial charge >= 0.3 is 0 Å². The molecule has 0 amide bonds. The van der Waals surface area contributed by atoms with Gasteiger partial charge in [-0.3, -0.25) is 10.2 Å². The minimum Gasteiger partial charge on any atom is -0.371 e. The van der Waals surface area contributed by atoms with Gasteiger partial charge in [0, 0.05) is 24.2 Å². The van der Waals surface area contributed by atoms with Gasteiger partial charge in [-0.1, -0.05) is 61.7 Å². The third-order valence-corrected chi connectivity index (χ3v) is 12.4. The van der Waals surface area contributed by atoms with E-state index in [2.05, 4.69) is 20.5 Å². The van der Waals surface area contributed by atoms with Gasteiger partial charge in [-0.15, -0.1) is 0 Å². The molecule has 0 spiro atoms. The van der Waals surface area contributed by atoms with Gasteiger partial charge in [0.1, 0.15) is 9.84 Å². The van der Waals surface area contributed by atoms with E-state index in [0.29, 0.717) is 43.4 Å². The first kappa shape index (κ1) is 30.8. The molecule has 0 atom stereocenters. The Morgan fingerprint density at radius 2 is 1.57 bits per heavy atom. The van der Waals surface area contributed by atoms with Gasteiger partial charge in [-0.05, 0) is 74.2 Å². The smallest absolute Gasteiger partial charge is 0.269 e. The molecule has 6 rings (SSSR count). The third-order valence-electron chi connectivity index (χ3n) is 8.96. The van der Waals surface area contributed by atoms with Gasteiger partial charge in [0.25, 0.3) is 10.0 Å². The molecule has 2 aromatic carbocycles. The SMILES string of the molecule is CS(=O)(=O)C1CCN(Cc2ccc(-c3cc4cc(NCNC5CCCCC5)cnc4n3S(=O)(=O)c3ccccc3)cc2)CC1. The molecule has 2 fully saturated rings. The van der Waals surface area contributed by atoms with Crippen LogP contribution in [0, 0.1) is 0 Å². The van der Waals surface area contributed by atoms with Crippen molar-refractivity contribution in [2.75, 3.05) is 31.3 Å². The van der Waals surface area contributed by atoms with Crippen LogP contribution in [0.2, 0.25) is 0 Å². The summed E-state index contributed by atoms with van der Waals surface area (Å²) in [5.74, 6) is 0. The lowest BCUT2D eigenvalue weighted by Crippen LogP contribution is -2.38. The lowest BCUT2D eigenvalue weighted by atomic mass is 9.96. The highest BCUT2D eigenvalue weighted by Gasteiger charge is 2.27. The first-order chi connectivity index (χ1) is 21.2. The van der Waals surface area contributed by atoms with E-state index in [0.717, 1.165) is 35.3 Å². The molecule has 2 aromatic heterocycles. The number of nitrogens with one attached hydrogen (secondary N) is 2. The third kappa shape index (κ3) is 6.86. The molecule has 2 aliphatic rings. The average Bonchev–Trinajstić information content (AvgIpc) is 3.42. The van der Waals surface area contributed by atoms with Crippen LogP contribution in [0.5, 0.6) is 0 Å². The van der Waals surface area contributed by atoms with Crippen molar-refractivity contribution in [2.24, 2.45) is 0 Å². The summed E-state index contributed by atoms with van der Waals surface area (Å²) < 4.78 is 53.2. The van der Waals surface area contributed by atoms with Crippen molar-refractivity contribution in [1.82, 2.24) is 19.2 Å². The molecule has 1 saturated heterocycles. The Kier molecular flexibility index (Phi) is 9.09. The highest BCUT2D eigenvalue weighted by atomic mass is 32.2. The number of aromatic nitrogens is 2. The van der Waals surface area contributed by atoms with Crippen LogP contribution in [0.25, 0.3) is 22.3 Å². The number of likely N-dealkylation sites (tertiary alicyclic amines) is 1. The molecular formula is C33H41N5O4S2. The predicted molar refractivity (Wildman–Crippen MR) is 176 cm³/mol. The second kappa shape index (κ2) is 13.0. The van der Waals surface area contributed by atoms with E-state index in [4.69, 9.17) is 0 Å². The lowest BCUT2D eigenvalue weighted by Gasteiger charge is -2.31. The van der Waals surface area contributed by atoms with E-state index in [1.54, 1.807) is 36.5 Å². The zero-order valence-electron chi connectivity index (χ0n) is 25.2. The van der Waals surface area contributed by atoms with Gasteiger partial charge in [0.05, 0.1) is 34.4 Å². The van der Waals surface area contributed by atoms with E-state index >= 15 is 0 Å². The highest BCUT2D eigenvalue weighted by molar-refractivity contribution is 7.91. The van der Waals surface area contributed by atoms with E-state index < -0.39 is 19.9 Å². The van der Waals surface area contributed by atoms with Crippen molar-refractivity contribution < 1.29 is 16.8 Å². The fourth-order valence-electron chi connectivity index (χ4n) is 6.45. The molecule has 4 aromatic rings. The Morgan fingerprint density at radius 3 is 2.25 bits per heavy atom. The summed E-state index contributed by atoms with van der Waals surface area (Å²) in [6.45, 7) is 2.82. The number of rotatable bonds is 10. The zero-order chi connectivity index (χ0) is 30.7. The number of piperidine rings is 1. The summed E-state index contributed by atoms with van der Waals surface area (Å²) in [5.41, 5.74) is 3.63. The van der Waals surface area contributed by atoms with Crippen LogP contribution >= 0.6 is 0 Å². The summed E-state index contributed by atoms with van der Waals surface area (Å²) in [6, 6.07) is 20.8. The fraction of sp³-hybridized carbons (Fsp3) is 0.424. The van der Waals surface area contributed by atoms with Crippen LogP contribution in [-0.4, -0.2) is 68.0 Å². The largest absolute Gasteiger partial charge is 0.371 e. The van der Waals surface area contributed by atoms with Crippen LogP contribution in [0.3, 0.4) is 0 Å². The average molecular weight is 636 g/mol. The van der Waals surface area contributed by atoms with Gasteiger partial charge in [0.2, 0.25) is 0 Å². The molecule has 44 heavy (non-hydrogen) atoms. The van der Waals surface area contributed by atoms with Gasteiger partial charge in [0.15, 0.2) is 5.65 Å². The molecule has 1 aliphatic carbocycles. The van der Waals surface area contributed by atoms with Crippen molar-refractivity contribution in [3.8, 4) is 11.3 Å². The summed E-state index contributed by atoms with van der Waals surface area (Å²) in [6.07, 6.45) is 10.6. The summed E-state index contributed by atoms with van der Waals surface area (Å²) in [7, 11) is -6.94. The van der Waals surface area contributed by atoms with Crippen LogP contribution in [-0.2, 0) is 26.4 Å². The van der Waals surface area contributed by atoms with E-state index in [1.807, 2.05) is 36.4 Å². The molecule has 0 bridgehead atoms. The Morgan fingerprint density at radius 1 is 0.864 bits per heavy atom. The first-order valence-electron chi connectivity index (χ1n) is 15.5. The predicted octanol–water partition coefficient (Wildman–Crippen LogP) is 5.24. The molecule has 1 aliphatic heterocycles. The second-order valence-corrected chi connectivity index (χ2v) is 16.3. The van der Waals surface area contributed by atoms with Crippen LogP contribution in [0.4, 0.5) is 5.69 Å². The molecule has 3 heterocycles. The number of pyridine rings is 1. The van der Waals surface area contributed by atoms with Gasteiger partial charge in [-0.2, -0.15) is 0 Å². The normalized spacial score (nSPS) is 17.7. The highest BCUT2D eigenvalue weighted by Crippen LogP contribution is 2.33. The number of nitrogens with zero attached hydrogens (tertiary/aromatic N) is 3. The molecule has 11 heteroatoms. The molecule has 234 valence electrons. The van der Waals surface area contributed by atoms with Crippen molar-refractivity contribution >= 4 is 36.6 Å². The lowest BCUT2D eigenvalue weighted by molar-refractivity contribution is 0.222. The summed E-state index contributed by atoms with van der Waals surface area (Å²) in [5, 5.41) is 7.47. The van der Waals surface area contributed by atoms with Crippen molar-refractivity contribution in [2.45, 2.75) is 67.7 Å². The Labute approximate surface area is 260 Å². The van der Waals surface area contributed by atoms with Gasteiger partial charge < -0.3 is 5.32 Å². The standard InChI is InChI=1S/C33H41N5O4S2/c1-43(39,40)30-16-18-37(19-17-30)23-25-12-14-26(15-13-25)32-21-27-20-29(36-24-35-28-8-4-2-5-9-28)22-34-33(27)38(32)44(41,42)31-10-6-3-7-11-31/h3,6-7,10-15,20-22,28,30,35-36H,2,4-5,8-9,16-19,23-24H2,1H3. The van der Waals surface area contributed by atoms with E-state index in [-0.39, 0.29) is 10.1 Å². The number of sulfone groups is 1. The maximum Gasteiger partial charge on any atom is 0.269 e. The summed E-state index contributed by atoms with van der Waals surface area (Å²) >= 11 is 0. The monoisotopic (exact) mass is 635 g/mol. The minimum absolute atomic E-state index is 0.202. The Hall–Kier alpha value is -3.25. The number of hydrogen-bond donors (Lipinski definition) is 2. The topological polar surface area (TPSA) is 113 Å². The Bertz CT molecular complexity index is 1790. The molecule has 0 radical (unpaired) electrons. The maximum atomic E-state index is 14.0. The molecule has 1 saturated carbocycles. The van der Waals surface area contributed by atoms with Crippen molar-refractivity contribution in [3.63, 3.8) is 0 Å². The number of benzene rings is 2. The number of hydrogen-bond acceptors (Lipinski definition) is 8. The maximum absolute atomic E-state index is 14.0. The van der Waals surface area contributed by atoms with Crippen LogP contribution < -0.4 is 10.6 Å². The molecule has 9 nitrogen and oxygen atoms in total. The number of fused-ring (bicyclic) bond motifs is 1. The number of anilines is 1.